The number of rotatable bonds is 6. The molecule has 1 aliphatic heterocycles. The van der Waals surface area contributed by atoms with Crippen LogP contribution in [-0.4, -0.2) is 51.9 Å². The molecule has 7 nitrogen and oxygen atoms in total. The first-order valence-corrected chi connectivity index (χ1v) is 12.9. The lowest BCUT2D eigenvalue weighted by molar-refractivity contribution is -0.142. The number of hydrogen-bond donors (Lipinski definition) is 1. The fourth-order valence-corrected chi connectivity index (χ4v) is 7.58. The Balaban J connectivity index is 1.50. The van der Waals surface area contributed by atoms with Gasteiger partial charge in [-0.2, -0.15) is 16.1 Å². The van der Waals surface area contributed by atoms with Crippen LogP contribution in [0.5, 0.6) is 5.75 Å². The van der Waals surface area contributed by atoms with Crippen LogP contribution in [0, 0.1) is 0 Å². The maximum atomic E-state index is 13.2. The third kappa shape index (κ3) is 4.43. The van der Waals surface area contributed by atoms with E-state index in [0.29, 0.717) is 11.5 Å². The SMILES string of the molecule is CC1(C)SCCN(S(=O)(=O)c2ccc(OCc3nc4ccccc4s3)cc2)C1C(=O)O. The number of benzene rings is 2. The average Bonchev–Trinajstić information content (AvgIpc) is 3.14. The lowest BCUT2D eigenvalue weighted by Gasteiger charge is -2.42. The summed E-state index contributed by atoms with van der Waals surface area (Å²) in [6.45, 7) is 3.96. The van der Waals surface area contributed by atoms with Crippen molar-refractivity contribution < 1.29 is 23.1 Å². The second-order valence-corrected chi connectivity index (χ2v) is 12.4. The van der Waals surface area contributed by atoms with E-state index in [-0.39, 0.29) is 18.0 Å². The second-order valence-electron chi connectivity index (χ2n) is 7.64. The number of ether oxygens (including phenoxy) is 1. The molecule has 31 heavy (non-hydrogen) atoms. The Kier molecular flexibility index (Phi) is 5.99. The number of aliphatic carboxylic acids is 1. The number of carboxylic acids is 1. The Labute approximate surface area is 189 Å². The Morgan fingerprint density at radius 1 is 1.23 bits per heavy atom. The maximum Gasteiger partial charge on any atom is 0.323 e. The molecule has 0 amide bonds. The molecular formula is C21H22N2O5S3. The van der Waals surface area contributed by atoms with Crippen molar-refractivity contribution in [2.24, 2.45) is 0 Å². The lowest BCUT2D eigenvalue weighted by Crippen LogP contribution is -2.58. The van der Waals surface area contributed by atoms with Crippen molar-refractivity contribution in [3.8, 4) is 5.75 Å². The summed E-state index contributed by atoms with van der Waals surface area (Å²) in [4.78, 5) is 16.4. The summed E-state index contributed by atoms with van der Waals surface area (Å²) < 4.78 is 33.6. The smallest absolute Gasteiger partial charge is 0.323 e. The Morgan fingerprint density at radius 3 is 2.61 bits per heavy atom. The van der Waals surface area contributed by atoms with Crippen molar-refractivity contribution >= 4 is 49.3 Å². The molecule has 0 spiro atoms. The molecule has 1 saturated heterocycles. The largest absolute Gasteiger partial charge is 0.486 e. The Bertz CT molecular complexity index is 1170. The first-order valence-electron chi connectivity index (χ1n) is 9.64. The van der Waals surface area contributed by atoms with E-state index in [2.05, 4.69) is 4.98 Å². The monoisotopic (exact) mass is 478 g/mol. The van der Waals surface area contributed by atoms with E-state index in [1.165, 1.54) is 23.9 Å². The summed E-state index contributed by atoms with van der Waals surface area (Å²) >= 11 is 3.02. The zero-order chi connectivity index (χ0) is 22.2. The highest BCUT2D eigenvalue weighted by Crippen LogP contribution is 2.38. The molecule has 0 saturated carbocycles. The number of hydrogen-bond acceptors (Lipinski definition) is 7. The topological polar surface area (TPSA) is 96.8 Å². The molecule has 2 aromatic carbocycles. The van der Waals surface area contributed by atoms with Gasteiger partial charge in [0.05, 0.1) is 15.1 Å². The minimum Gasteiger partial charge on any atom is -0.486 e. The van der Waals surface area contributed by atoms with E-state index >= 15 is 0 Å². The van der Waals surface area contributed by atoms with Crippen LogP contribution in [0.25, 0.3) is 10.2 Å². The number of carbonyl (C=O) groups is 1. The molecular weight excluding hydrogens is 456 g/mol. The molecule has 1 aliphatic rings. The van der Waals surface area contributed by atoms with E-state index in [1.54, 1.807) is 37.3 Å². The predicted octanol–water partition coefficient (Wildman–Crippen LogP) is 3.84. The number of fused-ring (bicyclic) bond motifs is 1. The van der Waals surface area contributed by atoms with Crippen molar-refractivity contribution in [2.45, 2.75) is 36.1 Å². The fourth-order valence-electron chi connectivity index (χ4n) is 3.60. The quantitative estimate of drug-likeness (QED) is 0.575. The molecule has 10 heteroatoms. The van der Waals surface area contributed by atoms with Gasteiger partial charge in [0, 0.05) is 17.0 Å². The van der Waals surface area contributed by atoms with Crippen molar-refractivity contribution in [1.82, 2.24) is 9.29 Å². The van der Waals surface area contributed by atoms with Gasteiger partial charge in [0.15, 0.2) is 0 Å². The number of carboxylic acid groups (broad SMARTS) is 1. The number of aromatic nitrogens is 1. The number of nitrogens with zero attached hydrogens (tertiary/aromatic N) is 2. The summed E-state index contributed by atoms with van der Waals surface area (Å²) in [5.41, 5.74) is 0.920. The van der Waals surface area contributed by atoms with Gasteiger partial charge < -0.3 is 9.84 Å². The summed E-state index contributed by atoms with van der Waals surface area (Å²) in [6, 6.07) is 12.8. The van der Waals surface area contributed by atoms with Gasteiger partial charge in [0.25, 0.3) is 0 Å². The van der Waals surface area contributed by atoms with Crippen LogP contribution in [0.1, 0.15) is 18.9 Å². The van der Waals surface area contributed by atoms with E-state index < -0.39 is 26.8 Å². The Hall–Kier alpha value is -2.14. The fraction of sp³-hybridized carbons (Fsp3) is 0.333. The first kappa shape index (κ1) is 22.1. The molecule has 0 bridgehead atoms. The second kappa shape index (κ2) is 8.42. The third-order valence-corrected chi connectivity index (χ3v) is 9.34. The van der Waals surface area contributed by atoms with E-state index in [1.807, 2.05) is 24.3 Å². The van der Waals surface area contributed by atoms with Crippen LogP contribution in [0.3, 0.4) is 0 Å². The third-order valence-electron chi connectivity index (χ3n) is 5.10. The van der Waals surface area contributed by atoms with Crippen LogP contribution in [0.4, 0.5) is 0 Å². The van der Waals surface area contributed by atoms with Gasteiger partial charge in [0.1, 0.15) is 23.4 Å². The molecule has 1 fully saturated rings. The van der Waals surface area contributed by atoms with Crippen molar-refractivity contribution in [2.75, 3.05) is 12.3 Å². The summed E-state index contributed by atoms with van der Waals surface area (Å²) in [5.74, 6) is -0.0848. The standard InChI is InChI=1S/C21H22N2O5S3/c1-21(2)19(20(24)25)23(11-12-29-21)31(26,27)15-9-7-14(8-10-15)28-13-18-22-16-5-3-4-6-17(16)30-18/h3-10,19H,11-13H2,1-2H3,(H,24,25). The van der Waals surface area contributed by atoms with Crippen LogP contribution in [-0.2, 0) is 21.4 Å². The molecule has 0 radical (unpaired) electrons. The molecule has 1 aromatic heterocycles. The van der Waals surface area contributed by atoms with Gasteiger partial charge in [-0.15, -0.1) is 11.3 Å². The normalized spacial score (nSPS) is 19.4. The number of thioether (sulfide) groups is 1. The van der Waals surface area contributed by atoms with Crippen LogP contribution < -0.4 is 4.74 Å². The van der Waals surface area contributed by atoms with Gasteiger partial charge in [-0.1, -0.05) is 12.1 Å². The molecule has 1 N–H and O–H groups in total. The number of sulfonamides is 1. The average molecular weight is 479 g/mol. The van der Waals surface area contributed by atoms with E-state index in [9.17, 15) is 18.3 Å². The molecule has 1 unspecified atom stereocenters. The zero-order valence-electron chi connectivity index (χ0n) is 17.0. The summed E-state index contributed by atoms with van der Waals surface area (Å²) in [5, 5.41) is 10.5. The zero-order valence-corrected chi connectivity index (χ0v) is 19.5. The van der Waals surface area contributed by atoms with Gasteiger partial charge in [-0.25, -0.2) is 13.4 Å². The molecule has 0 aliphatic carbocycles. The molecule has 2 heterocycles. The summed E-state index contributed by atoms with van der Waals surface area (Å²) in [6.07, 6.45) is 0. The highest BCUT2D eigenvalue weighted by Gasteiger charge is 2.48. The molecule has 4 rings (SSSR count). The molecule has 164 valence electrons. The molecule has 3 aromatic rings. The highest BCUT2D eigenvalue weighted by molar-refractivity contribution is 8.00. The van der Waals surface area contributed by atoms with Crippen molar-refractivity contribution in [1.29, 1.82) is 0 Å². The number of thiazole rings is 1. The van der Waals surface area contributed by atoms with Crippen LogP contribution >= 0.6 is 23.1 Å². The minimum absolute atomic E-state index is 0.0498. The van der Waals surface area contributed by atoms with E-state index in [0.717, 1.165) is 19.5 Å². The van der Waals surface area contributed by atoms with E-state index in [4.69, 9.17) is 4.74 Å². The first-order chi connectivity index (χ1) is 14.7. The lowest BCUT2D eigenvalue weighted by atomic mass is 10.0. The summed E-state index contributed by atoms with van der Waals surface area (Å²) in [7, 11) is -3.96. The predicted molar refractivity (Wildman–Crippen MR) is 122 cm³/mol. The highest BCUT2D eigenvalue weighted by atomic mass is 32.2. The van der Waals surface area contributed by atoms with Crippen molar-refractivity contribution in [3.05, 3.63) is 53.5 Å². The molecule has 1 atom stereocenters. The van der Waals surface area contributed by atoms with Gasteiger partial charge in [-0.3, -0.25) is 4.79 Å². The van der Waals surface area contributed by atoms with Crippen LogP contribution in [0.15, 0.2) is 53.4 Å². The minimum atomic E-state index is -3.96. The van der Waals surface area contributed by atoms with Gasteiger partial charge >= 0.3 is 5.97 Å². The van der Waals surface area contributed by atoms with Crippen LogP contribution in [0.2, 0.25) is 0 Å². The van der Waals surface area contributed by atoms with Crippen molar-refractivity contribution in [3.63, 3.8) is 0 Å². The number of para-hydroxylation sites is 1. The maximum absolute atomic E-state index is 13.2. The van der Waals surface area contributed by atoms with Gasteiger partial charge in [-0.05, 0) is 50.2 Å². The Morgan fingerprint density at radius 2 is 1.94 bits per heavy atom. The van der Waals surface area contributed by atoms with Gasteiger partial charge in [0.2, 0.25) is 10.0 Å².